The minimum absolute atomic E-state index is 0.126. The van der Waals surface area contributed by atoms with Gasteiger partial charge in [-0.1, -0.05) is 12.1 Å². The van der Waals surface area contributed by atoms with E-state index in [0.29, 0.717) is 24.4 Å². The van der Waals surface area contributed by atoms with E-state index in [2.05, 4.69) is 9.88 Å². The van der Waals surface area contributed by atoms with E-state index >= 15 is 0 Å². The van der Waals surface area contributed by atoms with Crippen molar-refractivity contribution in [2.45, 2.75) is 39.7 Å². The largest absolute Gasteiger partial charge is 0.507 e. The summed E-state index contributed by atoms with van der Waals surface area (Å²) in [5.74, 6) is -0.702. The van der Waals surface area contributed by atoms with Crippen LogP contribution in [0.25, 0.3) is 5.76 Å². The molecule has 7 heteroatoms. The van der Waals surface area contributed by atoms with Crippen molar-refractivity contribution >= 4 is 17.4 Å². The van der Waals surface area contributed by atoms with E-state index in [1.165, 1.54) is 0 Å². The molecular formula is C25H31N3O4. The summed E-state index contributed by atoms with van der Waals surface area (Å²) >= 11 is 0. The molecular weight excluding hydrogens is 406 g/mol. The number of carbonyl (C=O) groups is 2. The van der Waals surface area contributed by atoms with Crippen LogP contribution >= 0.6 is 0 Å². The second-order valence-corrected chi connectivity index (χ2v) is 8.69. The molecule has 0 spiro atoms. The zero-order chi connectivity index (χ0) is 23.0. The summed E-state index contributed by atoms with van der Waals surface area (Å²) in [6.45, 7) is 8.83. The average molecular weight is 438 g/mol. The van der Waals surface area contributed by atoms with Gasteiger partial charge in [-0.3, -0.25) is 9.59 Å². The normalized spacial score (nSPS) is 21.0. The first-order valence-electron chi connectivity index (χ1n) is 11.1. The number of hydrogen-bond donors (Lipinski definition) is 2. The lowest BCUT2D eigenvalue weighted by Gasteiger charge is -2.27. The lowest BCUT2D eigenvalue weighted by atomic mass is 9.94. The van der Waals surface area contributed by atoms with Crippen molar-refractivity contribution in [1.29, 1.82) is 0 Å². The summed E-state index contributed by atoms with van der Waals surface area (Å²) in [5, 5.41) is 11.4. The van der Waals surface area contributed by atoms with E-state index in [1.54, 1.807) is 12.0 Å². The third-order valence-electron chi connectivity index (χ3n) is 6.73. The topological polar surface area (TPSA) is 85.9 Å². The van der Waals surface area contributed by atoms with E-state index in [9.17, 15) is 14.7 Å². The number of Topliss-reactive ketones (excluding diaryl/α,β-unsaturated/α-hetero) is 1. The van der Waals surface area contributed by atoms with Crippen molar-refractivity contribution < 1.29 is 19.4 Å². The van der Waals surface area contributed by atoms with Crippen LogP contribution in [-0.2, 0) is 9.59 Å². The van der Waals surface area contributed by atoms with Gasteiger partial charge in [-0.15, -0.1) is 0 Å². The molecule has 1 atom stereocenters. The molecule has 0 bridgehead atoms. The molecule has 32 heavy (non-hydrogen) atoms. The fourth-order valence-electron chi connectivity index (χ4n) is 4.92. The number of ketones is 1. The van der Waals surface area contributed by atoms with Crippen LogP contribution in [0.5, 0.6) is 5.75 Å². The number of amides is 1. The molecule has 7 nitrogen and oxygen atoms in total. The number of rotatable bonds is 6. The van der Waals surface area contributed by atoms with Crippen molar-refractivity contribution in [2.75, 3.05) is 33.3 Å². The monoisotopic (exact) mass is 437 g/mol. The number of hydrogen-bond acceptors (Lipinski definition) is 5. The number of likely N-dealkylation sites (tertiary alicyclic amines) is 2. The highest BCUT2D eigenvalue weighted by Gasteiger charge is 2.46. The fourth-order valence-corrected chi connectivity index (χ4v) is 4.92. The third kappa shape index (κ3) is 3.81. The summed E-state index contributed by atoms with van der Waals surface area (Å²) in [4.78, 5) is 33.5. The molecule has 170 valence electrons. The Labute approximate surface area is 188 Å². The molecule has 2 N–H and O–H groups in total. The maximum Gasteiger partial charge on any atom is 0.295 e. The highest BCUT2D eigenvalue weighted by atomic mass is 16.5. The van der Waals surface area contributed by atoms with Gasteiger partial charge in [-0.25, -0.2) is 0 Å². The van der Waals surface area contributed by atoms with Crippen LogP contribution in [0.15, 0.2) is 29.8 Å². The fraction of sp³-hybridized carbons (Fsp3) is 0.440. The van der Waals surface area contributed by atoms with Crippen molar-refractivity contribution in [3.05, 3.63) is 57.9 Å². The van der Waals surface area contributed by atoms with Gasteiger partial charge in [-0.05, 0) is 70.0 Å². The number of carbonyl (C=O) groups excluding carboxylic acids is 2. The van der Waals surface area contributed by atoms with Gasteiger partial charge in [0.2, 0.25) is 0 Å². The average Bonchev–Trinajstić information content (AvgIpc) is 3.45. The molecule has 0 saturated carbocycles. The molecule has 1 amide bonds. The van der Waals surface area contributed by atoms with E-state index in [1.807, 2.05) is 45.0 Å². The number of aryl methyl sites for hydroxylation is 2. The standard InChI is InChI=1S/C25H31N3O4/c1-15-16(2)26-17(3)20(15)23(29)21-22(18-8-7-9-19(14-18)32-4)28(25(31)24(21)30)13-12-27-10-5-6-11-27/h7-9,14,22,26,29H,5-6,10-13H2,1-4H3/b23-21+. The SMILES string of the molecule is COc1cccc(C2/C(=C(\O)c3c(C)[nH]c(C)c3C)C(=O)C(=O)N2CCN2CCCC2)c1. The quantitative estimate of drug-likeness (QED) is 0.411. The Bertz CT molecular complexity index is 1080. The van der Waals surface area contributed by atoms with Crippen LogP contribution < -0.4 is 4.74 Å². The Hall–Kier alpha value is -3.06. The summed E-state index contributed by atoms with van der Waals surface area (Å²) < 4.78 is 5.39. The zero-order valence-electron chi connectivity index (χ0n) is 19.2. The van der Waals surface area contributed by atoms with E-state index < -0.39 is 17.7 Å². The second-order valence-electron chi connectivity index (χ2n) is 8.69. The maximum absolute atomic E-state index is 13.2. The van der Waals surface area contributed by atoms with Gasteiger partial charge in [-0.2, -0.15) is 0 Å². The molecule has 3 heterocycles. The predicted molar refractivity (Wildman–Crippen MR) is 123 cm³/mol. The first-order chi connectivity index (χ1) is 15.3. The van der Waals surface area contributed by atoms with Gasteiger partial charge in [0.15, 0.2) is 0 Å². The first kappa shape index (κ1) is 22.1. The van der Waals surface area contributed by atoms with Crippen LogP contribution in [0, 0.1) is 20.8 Å². The number of H-pyrrole nitrogens is 1. The van der Waals surface area contributed by atoms with Crippen LogP contribution in [0.2, 0.25) is 0 Å². The molecule has 2 fully saturated rings. The number of nitrogens with one attached hydrogen (secondary N) is 1. The summed E-state index contributed by atoms with van der Waals surface area (Å²) in [6.07, 6.45) is 2.31. The Morgan fingerprint density at radius 3 is 2.47 bits per heavy atom. The molecule has 2 saturated heterocycles. The summed E-state index contributed by atoms with van der Waals surface area (Å²) in [6, 6.07) is 6.70. The van der Waals surface area contributed by atoms with E-state index in [0.717, 1.165) is 48.4 Å². The molecule has 4 rings (SSSR count). The molecule has 1 aromatic heterocycles. The van der Waals surface area contributed by atoms with Crippen LogP contribution in [-0.4, -0.2) is 64.9 Å². The first-order valence-corrected chi connectivity index (χ1v) is 11.1. The molecule has 0 aliphatic carbocycles. The predicted octanol–water partition coefficient (Wildman–Crippen LogP) is 3.47. The third-order valence-corrected chi connectivity index (χ3v) is 6.73. The maximum atomic E-state index is 13.2. The number of ether oxygens (including phenoxy) is 1. The molecule has 0 radical (unpaired) electrons. The minimum atomic E-state index is -0.665. The minimum Gasteiger partial charge on any atom is -0.507 e. The Balaban J connectivity index is 1.82. The van der Waals surface area contributed by atoms with Gasteiger partial charge >= 0.3 is 0 Å². The Morgan fingerprint density at radius 1 is 1.12 bits per heavy atom. The second kappa shape index (κ2) is 8.82. The van der Waals surface area contributed by atoms with Gasteiger partial charge in [0.25, 0.3) is 11.7 Å². The van der Waals surface area contributed by atoms with Crippen molar-refractivity contribution in [1.82, 2.24) is 14.8 Å². The van der Waals surface area contributed by atoms with Gasteiger partial charge in [0.1, 0.15) is 11.5 Å². The van der Waals surface area contributed by atoms with Crippen molar-refractivity contribution in [2.24, 2.45) is 0 Å². The highest BCUT2D eigenvalue weighted by molar-refractivity contribution is 6.46. The van der Waals surface area contributed by atoms with Crippen LogP contribution in [0.3, 0.4) is 0 Å². The highest BCUT2D eigenvalue weighted by Crippen LogP contribution is 2.41. The zero-order valence-corrected chi connectivity index (χ0v) is 19.2. The summed E-state index contributed by atoms with van der Waals surface area (Å²) in [5.41, 5.74) is 4.03. The van der Waals surface area contributed by atoms with Crippen LogP contribution in [0.1, 0.15) is 47.0 Å². The Morgan fingerprint density at radius 2 is 1.84 bits per heavy atom. The smallest absolute Gasteiger partial charge is 0.295 e. The number of methoxy groups -OCH3 is 1. The molecule has 2 aliphatic rings. The van der Waals surface area contributed by atoms with Crippen LogP contribution in [0.4, 0.5) is 0 Å². The number of benzene rings is 1. The number of nitrogens with zero attached hydrogens (tertiary/aromatic N) is 2. The number of aliphatic hydroxyl groups is 1. The van der Waals surface area contributed by atoms with Gasteiger partial charge < -0.3 is 24.6 Å². The number of aromatic nitrogens is 1. The lowest BCUT2D eigenvalue weighted by Crippen LogP contribution is -2.37. The van der Waals surface area contributed by atoms with E-state index in [-0.39, 0.29) is 11.3 Å². The Kier molecular flexibility index (Phi) is 6.11. The van der Waals surface area contributed by atoms with Gasteiger partial charge in [0, 0.05) is 30.0 Å². The van der Waals surface area contributed by atoms with Crippen molar-refractivity contribution in [3.8, 4) is 5.75 Å². The van der Waals surface area contributed by atoms with Crippen molar-refractivity contribution in [3.63, 3.8) is 0 Å². The molecule has 2 aliphatic heterocycles. The lowest BCUT2D eigenvalue weighted by molar-refractivity contribution is -0.140. The molecule has 1 aromatic carbocycles. The van der Waals surface area contributed by atoms with Gasteiger partial charge in [0.05, 0.1) is 18.7 Å². The molecule has 2 aromatic rings. The summed E-state index contributed by atoms with van der Waals surface area (Å²) in [7, 11) is 1.58. The number of aliphatic hydroxyl groups excluding tert-OH is 1. The number of aromatic amines is 1. The van der Waals surface area contributed by atoms with E-state index in [4.69, 9.17) is 4.74 Å². The molecule has 1 unspecified atom stereocenters.